The van der Waals surface area contributed by atoms with Gasteiger partial charge in [0, 0.05) is 11.0 Å². The van der Waals surface area contributed by atoms with Crippen LogP contribution in [0.3, 0.4) is 0 Å². The quantitative estimate of drug-likeness (QED) is 0.776. The molecule has 2 amide bonds. The zero-order chi connectivity index (χ0) is 14.4. The molecular weight excluding hydrogens is 312 g/mol. The van der Waals surface area contributed by atoms with Gasteiger partial charge in [0.1, 0.15) is 6.04 Å². The molecule has 104 valence electrons. The van der Waals surface area contributed by atoms with Crippen LogP contribution in [0, 0.1) is 5.92 Å². The van der Waals surface area contributed by atoms with Crippen LogP contribution in [0.4, 0.5) is 4.79 Å². The van der Waals surface area contributed by atoms with E-state index in [-0.39, 0.29) is 5.92 Å². The molecule has 0 aliphatic heterocycles. The highest BCUT2D eigenvalue weighted by Crippen LogP contribution is 2.10. The van der Waals surface area contributed by atoms with E-state index in [0.29, 0.717) is 6.54 Å². The molecule has 0 spiro atoms. The third kappa shape index (κ3) is 5.30. The summed E-state index contributed by atoms with van der Waals surface area (Å²) >= 11 is 3.33. The molecule has 0 heterocycles. The Morgan fingerprint density at radius 3 is 2.32 bits per heavy atom. The minimum Gasteiger partial charge on any atom is -0.480 e. The van der Waals surface area contributed by atoms with Gasteiger partial charge in [0.25, 0.3) is 0 Å². The maximum Gasteiger partial charge on any atom is 0.326 e. The fourth-order valence-corrected chi connectivity index (χ4v) is 1.75. The molecule has 1 atom stereocenters. The van der Waals surface area contributed by atoms with E-state index in [0.717, 1.165) is 10.0 Å². The van der Waals surface area contributed by atoms with Gasteiger partial charge >= 0.3 is 12.0 Å². The molecule has 3 N–H and O–H groups in total. The lowest BCUT2D eigenvalue weighted by Gasteiger charge is -2.18. The van der Waals surface area contributed by atoms with Crippen LogP contribution in [-0.4, -0.2) is 23.1 Å². The molecule has 1 aromatic carbocycles. The topological polar surface area (TPSA) is 78.4 Å². The molecule has 0 aromatic heterocycles. The van der Waals surface area contributed by atoms with Gasteiger partial charge in [0.15, 0.2) is 0 Å². The Labute approximate surface area is 120 Å². The number of carbonyl (C=O) groups is 2. The average molecular weight is 329 g/mol. The molecule has 0 saturated heterocycles. The van der Waals surface area contributed by atoms with E-state index in [1.165, 1.54) is 0 Å². The van der Waals surface area contributed by atoms with Crippen LogP contribution < -0.4 is 10.6 Å². The van der Waals surface area contributed by atoms with Crippen molar-refractivity contribution in [3.05, 3.63) is 34.3 Å². The summed E-state index contributed by atoms with van der Waals surface area (Å²) < 4.78 is 0.964. The van der Waals surface area contributed by atoms with Crippen LogP contribution in [0.15, 0.2) is 28.7 Å². The van der Waals surface area contributed by atoms with Gasteiger partial charge in [-0.15, -0.1) is 0 Å². The molecule has 1 unspecified atom stereocenters. The summed E-state index contributed by atoms with van der Waals surface area (Å²) in [7, 11) is 0. The molecule has 5 nitrogen and oxygen atoms in total. The standard InChI is InChI=1S/C13H17BrN2O3/c1-8(2)11(12(17)18)16-13(19)15-7-9-3-5-10(14)6-4-9/h3-6,8,11H,7H2,1-2H3,(H,17,18)(H2,15,16,19). The Balaban J connectivity index is 2.47. The molecule has 0 saturated carbocycles. The lowest BCUT2D eigenvalue weighted by atomic mass is 10.1. The Morgan fingerprint density at radius 2 is 1.84 bits per heavy atom. The van der Waals surface area contributed by atoms with E-state index in [9.17, 15) is 9.59 Å². The highest BCUT2D eigenvalue weighted by atomic mass is 79.9. The van der Waals surface area contributed by atoms with Crippen molar-refractivity contribution in [2.45, 2.75) is 26.4 Å². The summed E-state index contributed by atoms with van der Waals surface area (Å²) in [6, 6.07) is 6.14. The van der Waals surface area contributed by atoms with E-state index in [1.54, 1.807) is 13.8 Å². The van der Waals surface area contributed by atoms with Crippen LogP contribution >= 0.6 is 15.9 Å². The Bertz CT molecular complexity index is 446. The van der Waals surface area contributed by atoms with Crippen molar-refractivity contribution in [1.82, 2.24) is 10.6 Å². The maximum atomic E-state index is 11.6. The third-order valence-electron chi connectivity index (χ3n) is 2.59. The predicted molar refractivity (Wildman–Crippen MR) is 75.8 cm³/mol. The van der Waals surface area contributed by atoms with Crippen molar-refractivity contribution in [3.63, 3.8) is 0 Å². The van der Waals surface area contributed by atoms with Gasteiger partial charge in [-0.25, -0.2) is 9.59 Å². The number of carboxylic acids is 1. The molecule has 1 rings (SSSR count). The molecular formula is C13H17BrN2O3. The average Bonchev–Trinajstić information content (AvgIpc) is 2.34. The Kier molecular flexibility index (Phi) is 5.82. The lowest BCUT2D eigenvalue weighted by Crippen LogP contribution is -2.48. The number of hydrogen-bond donors (Lipinski definition) is 3. The first-order valence-electron chi connectivity index (χ1n) is 5.91. The second-order valence-corrected chi connectivity index (χ2v) is 5.43. The molecule has 6 heteroatoms. The predicted octanol–water partition coefficient (Wildman–Crippen LogP) is 2.36. The number of urea groups is 1. The van der Waals surface area contributed by atoms with Crippen LogP contribution in [0.1, 0.15) is 19.4 Å². The van der Waals surface area contributed by atoms with E-state index >= 15 is 0 Å². The van der Waals surface area contributed by atoms with Gasteiger partial charge in [-0.3, -0.25) is 0 Å². The maximum absolute atomic E-state index is 11.6. The second kappa shape index (κ2) is 7.13. The molecule has 0 aliphatic rings. The van der Waals surface area contributed by atoms with Crippen LogP contribution in [0.2, 0.25) is 0 Å². The van der Waals surface area contributed by atoms with E-state index < -0.39 is 18.0 Å². The van der Waals surface area contributed by atoms with Crippen molar-refractivity contribution in [2.75, 3.05) is 0 Å². The third-order valence-corrected chi connectivity index (χ3v) is 3.11. The van der Waals surface area contributed by atoms with Gasteiger partial charge in [-0.05, 0) is 23.6 Å². The summed E-state index contributed by atoms with van der Waals surface area (Å²) in [5, 5.41) is 14.0. The summed E-state index contributed by atoms with van der Waals surface area (Å²) in [4.78, 5) is 22.5. The summed E-state index contributed by atoms with van der Waals surface area (Å²) in [5.41, 5.74) is 0.940. The number of hydrogen-bond acceptors (Lipinski definition) is 2. The number of carboxylic acid groups (broad SMARTS) is 1. The van der Waals surface area contributed by atoms with Crippen molar-refractivity contribution >= 4 is 27.9 Å². The van der Waals surface area contributed by atoms with E-state index in [2.05, 4.69) is 26.6 Å². The minimum atomic E-state index is -1.03. The fourth-order valence-electron chi connectivity index (χ4n) is 1.49. The highest BCUT2D eigenvalue weighted by molar-refractivity contribution is 9.10. The molecule has 0 fully saturated rings. The number of amides is 2. The number of aliphatic carboxylic acids is 1. The second-order valence-electron chi connectivity index (χ2n) is 4.51. The first-order valence-corrected chi connectivity index (χ1v) is 6.71. The Hall–Kier alpha value is -1.56. The Morgan fingerprint density at radius 1 is 1.26 bits per heavy atom. The molecule has 0 bridgehead atoms. The van der Waals surface area contributed by atoms with Gasteiger partial charge in [-0.1, -0.05) is 41.9 Å². The number of carbonyl (C=O) groups excluding carboxylic acids is 1. The largest absolute Gasteiger partial charge is 0.480 e. The van der Waals surface area contributed by atoms with Crippen molar-refractivity contribution in [2.24, 2.45) is 5.92 Å². The molecule has 19 heavy (non-hydrogen) atoms. The zero-order valence-electron chi connectivity index (χ0n) is 10.8. The van der Waals surface area contributed by atoms with Crippen LogP contribution in [0.25, 0.3) is 0 Å². The van der Waals surface area contributed by atoms with Crippen molar-refractivity contribution in [1.29, 1.82) is 0 Å². The van der Waals surface area contributed by atoms with Gasteiger partial charge < -0.3 is 15.7 Å². The number of halogens is 1. The van der Waals surface area contributed by atoms with Crippen molar-refractivity contribution in [3.8, 4) is 0 Å². The SMILES string of the molecule is CC(C)C(NC(=O)NCc1ccc(Br)cc1)C(=O)O. The number of nitrogens with one attached hydrogen (secondary N) is 2. The summed E-state index contributed by atoms with van der Waals surface area (Å²) in [6.45, 7) is 3.84. The molecule has 0 radical (unpaired) electrons. The van der Waals surface area contributed by atoms with Gasteiger partial charge in [0.05, 0.1) is 0 Å². The van der Waals surface area contributed by atoms with E-state index in [1.807, 2.05) is 24.3 Å². The lowest BCUT2D eigenvalue weighted by molar-refractivity contribution is -0.140. The summed E-state index contributed by atoms with van der Waals surface area (Å²) in [5.74, 6) is -1.20. The van der Waals surface area contributed by atoms with Crippen molar-refractivity contribution < 1.29 is 14.7 Å². The smallest absolute Gasteiger partial charge is 0.326 e. The minimum absolute atomic E-state index is 0.170. The van der Waals surface area contributed by atoms with Gasteiger partial charge in [0.2, 0.25) is 0 Å². The van der Waals surface area contributed by atoms with Crippen LogP contribution in [0.5, 0.6) is 0 Å². The summed E-state index contributed by atoms with van der Waals surface area (Å²) in [6.07, 6.45) is 0. The first kappa shape index (κ1) is 15.5. The number of rotatable bonds is 5. The van der Waals surface area contributed by atoms with Crippen LogP contribution in [-0.2, 0) is 11.3 Å². The molecule has 1 aromatic rings. The zero-order valence-corrected chi connectivity index (χ0v) is 12.4. The first-order chi connectivity index (χ1) is 8.90. The van der Waals surface area contributed by atoms with Gasteiger partial charge in [-0.2, -0.15) is 0 Å². The monoisotopic (exact) mass is 328 g/mol. The number of benzene rings is 1. The molecule has 0 aliphatic carbocycles. The highest BCUT2D eigenvalue weighted by Gasteiger charge is 2.23. The van der Waals surface area contributed by atoms with E-state index in [4.69, 9.17) is 5.11 Å². The normalized spacial score (nSPS) is 12.0. The fraction of sp³-hybridized carbons (Fsp3) is 0.385.